The number of rotatable bonds is 5. The minimum atomic E-state index is -4.26. The van der Waals surface area contributed by atoms with Gasteiger partial charge in [0.2, 0.25) is 5.91 Å². The molecule has 1 aliphatic rings. The van der Waals surface area contributed by atoms with Gasteiger partial charge in [-0.2, -0.15) is 13.2 Å². The molecule has 0 saturated carbocycles. The van der Waals surface area contributed by atoms with Crippen molar-refractivity contribution in [3.8, 4) is 0 Å². The van der Waals surface area contributed by atoms with E-state index < -0.39 is 23.6 Å². The van der Waals surface area contributed by atoms with Gasteiger partial charge in [0.15, 0.2) is 0 Å². The van der Waals surface area contributed by atoms with E-state index in [0.29, 0.717) is 48.5 Å². The lowest BCUT2D eigenvalue weighted by Gasteiger charge is -2.35. The Kier molecular flexibility index (Phi) is 7.67. The molecule has 6 nitrogen and oxygen atoms in total. The number of hydrogen-bond donors (Lipinski definition) is 1. The number of piperazine rings is 1. The van der Waals surface area contributed by atoms with Gasteiger partial charge in [-0.1, -0.05) is 12.1 Å². The van der Waals surface area contributed by atoms with Crippen LogP contribution in [-0.4, -0.2) is 72.1 Å². The Balaban J connectivity index is 1.83. The number of thioether (sulfide) groups is 1. The normalized spacial score (nSPS) is 15.2. The number of alkyl halides is 3. The zero-order chi connectivity index (χ0) is 21.7. The predicted molar refractivity (Wildman–Crippen MR) is 106 cm³/mol. The SMILES string of the molecule is CC(C)(C)OC(=O)N1CCN(C(=O)CNc2ccccc2SCC(F)(F)F)CC1. The summed E-state index contributed by atoms with van der Waals surface area (Å²) in [6.07, 6.45) is -4.67. The van der Waals surface area contributed by atoms with Gasteiger partial charge in [-0.15, -0.1) is 11.8 Å². The summed E-state index contributed by atoms with van der Waals surface area (Å²) in [5.74, 6) is -1.17. The molecule has 0 spiro atoms. The van der Waals surface area contributed by atoms with Crippen LogP contribution in [0.3, 0.4) is 0 Å². The van der Waals surface area contributed by atoms with Crippen LogP contribution >= 0.6 is 11.8 Å². The molecule has 1 aromatic carbocycles. The second kappa shape index (κ2) is 9.60. The van der Waals surface area contributed by atoms with E-state index in [2.05, 4.69) is 5.32 Å². The summed E-state index contributed by atoms with van der Waals surface area (Å²) >= 11 is 0.679. The van der Waals surface area contributed by atoms with Gasteiger partial charge in [0, 0.05) is 36.8 Å². The molecule has 1 N–H and O–H groups in total. The van der Waals surface area contributed by atoms with E-state index in [9.17, 15) is 22.8 Å². The Bertz CT molecular complexity index is 715. The Morgan fingerprint density at radius 1 is 1.07 bits per heavy atom. The minimum absolute atomic E-state index is 0.0317. The molecule has 162 valence electrons. The lowest BCUT2D eigenvalue weighted by molar-refractivity contribution is -0.131. The van der Waals surface area contributed by atoms with Crippen LogP contribution < -0.4 is 5.32 Å². The van der Waals surface area contributed by atoms with Crippen molar-refractivity contribution in [2.45, 2.75) is 37.4 Å². The van der Waals surface area contributed by atoms with Gasteiger partial charge in [0.25, 0.3) is 0 Å². The third kappa shape index (κ3) is 8.04. The van der Waals surface area contributed by atoms with Gasteiger partial charge in [0.05, 0.1) is 12.3 Å². The number of nitrogens with one attached hydrogen (secondary N) is 1. The molecular formula is C19H26F3N3O3S. The third-order valence-corrected chi connectivity index (χ3v) is 5.13. The number of carbonyl (C=O) groups excluding carboxylic acids is 2. The molecule has 29 heavy (non-hydrogen) atoms. The summed E-state index contributed by atoms with van der Waals surface area (Å²) in [7, 11) is 0. The van der Waals surface area contributed by atoms with Gasteiger partial charge in [-0.05, 0) is 32.9 Å². The van der Waals surface area contributed by atoms with Crippen LogP contribution in [0.4, 0.5) is 23.7 Å². The largest absolute Gasteiger partial charge is 0.444 e. The van der Waals surface area contributed by atoms with Crippen LogP contribution in [0, 0.1) is 0 Å². The Morgan fingerprint density at radius 2 is 1.66 bits per heavy atom. The number of hydrogen-bond acceptors (Lipinski definition) is 5. The zero-order valence-corrected chi connectivity index (χ0v) is 17.5. The van der Waals surface area contributed by atoms with Crippen LogP contribution in [0.5, 0.6) is 0 Å². The third-order valence-electron chi connectivity index (χ3n) is 3.99. The highest BCUT2D eigenvalue weighted by atomic mass is 32.2. The topological polar surface area (TPSA) is 61.9 Å². The Hall–Kier alpha value is -2.10. The van der Waals surface area contributed by atoms with Crippen molar-refractivity contribution in [1.82, 2.24) is 9.80 Å². The van der Waals surface area contributed by atoms with Crippen LogP contribution in [0.1, 0.15) is 20.8 Å². The highest BCUT2D eigenvalue weighted by Gasteiger charge is 2.29. The maximum atomic E-state index is 12.5. The van der Waals surface area contributed by atoms with Gasteiger partial charge < -0.3 is 19.9 Å². The fourth-order valence-corrected chi connectivity index (χ4v) is 3.44. The fourth-order valence-electron chi connectivity index (χ4n) is 2.65. The monoisotopic (exact) mass is 433 g/mol. The molecule has 1 aromatic rings. The maximum absolute atomic E-state index is 12.5. The first-order valence-corrected chi connectivity index (χ1v) is 10.2. The molecule has 10 heteroatoms. The number of ether oxygens (including phenoxy) is 1. The zero-order valence-electron chi connectivity index (χ0n) is 16.7. The highest BCUT2D eigenvalue weighted by molar-refractivity contribution is 7.99. The summed E-state index contributed by atoms with van der Waals surface area (Å²) in [6.45, 7) is 6.85. The maximum Gasteiger partial charge on any atom is 0.410 e. The Labute approximate surface area is 172 Å². The van der Waals surface area contributed by atoms with Crippen molar-refractivity contribution in [2.24, 2.45) is 0 Å². The van der Waals surface area contributed by atoms with Crippen molar-refractivity contribution in [3.63, 3.8) is 0 Å². The fraction of sp³-hybridized carbons (Fsp3) is 0.579. The summed E-state index contributed by atoms with van der Waals surface area (Å²) in [6, 6.07) is 6.58. The van der Waals surface area contributed by atoms with E-state index in [1.807, 2.05) is 0 Å². The first-order chi connectivity index (χ1) is 13.4. The summed E-state index contributed by atoms with van der Waals surface area (Å²) < 4.78 is 42.7. The summed E-state index contributed by atoms with van der Waals surface area (Å²) in [5, 5.41) is 2.93. The molecule has 0 unspecified atom stereocenters. The molecule has 0 bridgehead atoms. The van der Waals surface area contributed by atoms with E-state index in [0.717, 1.165) is 0 Å². The first-order valence-electron chi connectivity index (χ1n) is 9.23. The summed E-state index contributed by atoms with van der Waals surface area (Å²) in [5.41, 5.74) is -0.0895. The molecule has 1 heterocycles. The first kappa shape index (κ1) is 23.2. The van der Waals surface area contributed by atoms with E-state index in [-0.39, 0.29) is 12.5 Å². The van der Waals surface area contributed by atoms with Crippen LogP contribution in [0.2, 0.25) is 0 Å². The van der Waals surface area contributed by atoms with Crippen molar-refractivity contribution < 1.29 is 27.5 Å². The minimum Gasteiger partial charge on any atom is -0.444 e. The molecule has 0 aliphatic carbocycles. The van der Waals surface area contributed by atoms with Crippen LogP contribution in [-0.2, 0) is 9.53 Å². The van der Waals surface area contributed by atoms with Crippen LogP contribution in [0.25, 0.3) is 0 Å². The average Bonchev–Trinajstić information content (AvgIpc) is 2.63. The quantitative estimate of drug-likeness (QED) is 0.715. The molecule has 0 atom stereocenters. The van der Waals surface area contributed by atoms with Crippen molar-refractivity contribution >= 4 is 29.4 Å². The number of anilines is 1. The van der Waals surface area contributed by atoms with Gasteiger partial charge in [-0.3, -0.25) is 4.79 Å². The molecule has 1 aliphatic heterocycles. The number of amides is 2. The van der Waals surface area contributed by atoms with Gasteiger partial charge in [-0.25, -0.2) is 4.79 Å². The molecular weight excluding hydrogens is 407 g/mol. The molecule has 1 saturated heterocycles. The molecule has 0 radical (unpaired) electrons. The van der Waals surface area contributed by atoms with E-state index in [4.69, 9.17) is 4.74 Å². The van der Waals surface area contributed by atoms with Crippen molar-refractivity contribution in [2.75, 3.05) is 43.8 Å². The molecule has 2 rings (SSSR count). The van der Waals surface area contributed by atoms with E-state index in [1.165, 1.54) is 0 Å². The Morgan fingerprint density at radius 3 is 2.24 bits per heavy atom. The second-order valence-electron chi connectivity index (χ2n) is 7.60. The lowest BCUT2D eigenvalue weighted by atomic mass is 10.2. The predicted octanol–water partition coefficient (Wildman–Crippen LogP) is 3.83. The average molecular weight is 433 g/mol. The molecule has 2 amide bonds. The number of benzene rings is 1. The number of nitrogens with zero attached hydrogens (tertiary/aromatic N) is 2. The van der Waals surface area contributed by atoms with Gasteiger partial charge in [0.1, 0.15) is 5.60 Å². The number of carbonyl (C=O) groups is 2. The van der Waals surface area contributed by atoms with Gasteiger partial charge >= 0.3 is 12.3 Å². The van der Waals surface area contributed by atoms with Crippen molar-refractivity contribution in [3.05, 3.63) is 24.3 Å². The summed E-state index contributed by atoms with van der Waals surface area (Å²) in [4.78, 5) is 28.1. The van der Waals surface area contributed by atoms with E-state index >= 15 is 0 Å². The van der Waals surface area contributed by atoms with Crippen LogP contribution in [0.15, 0.2) is 29.2 Å². The number of para-hydroxylation sites is 1. The number of halogens is 3. The van der Waals surface area contributed by atoms with E-state index in [1.54, 1.807) is 54.8 Å². The molecule has 1 fully saturated rings. The second-order valence-corrected chi connectivity index (χ2v) is 8.62. The highest BCUT2D eigenvalue weighted by Crippen LogP contribution is 2.32. The lowest BCUT2D eigenvalue weighted by Crippen LogP contribution is -2.52. The smallest absolute Gasteiger partial charge is 0.410 e. The standard InChI is InChI=1S/C19H26F3N3O3S/c1-18(2,3)28-17(27)25-10-8-24(9-11-25)16(26)12-23-14-6-4-5-7-15(14)29-13-19(20,21)22/h4-7,23H,8-13H2,1-3H3. The molecule has 0 aromatic heterocycles. The van der Waals surface area contributed by atoms with Crippen molar-refractivity contribution in [1.29, 1.82) is 0 Å².